The monoisotopic (exact) mass is 373 g/mol. The van der Waals surface area contributed by atoms with Crippen LogP contribution in [0.15, 0.2) is 30.3 Å². The number of amides is 1. The molecule has 0 spiro atoms. The van der Waals surface area contributed by atoms with Crippen molar-refractivity contribution < 1.29 is 28.9 Å². The molecule has 0 aromatic heterocycles. The number of rotatable bonds is 8. The van der Waals surface area contributed by atoms with E-state index in [9.17, 15) is 14.7 Å². The lowest BCUT2D eigenvalue weighted by molar-refractivity contribution is -0.116. The van der Waals surface area contributed by atoms with Crippen molar-refractivity contribution in [2.45, 2.75) is 20.3 Å². The lowest BCUT2D eigenvalue weighted by Crippen LogP contribution is -2.16. The molecular formula is C20H23NO6. The highest BCUT2D eigenvalue weighted by atomic mass is 16.5. The second-order valence-corrected chi connectivity index (χ2v) is 5.98. The summed E-state index contributed by atoms with van der Waals surface area (Å²) in [6, 6.07) is 8.52. The Morgan fingerprint density at radius 1 is 1.04 bits per heavy atom. The summed E-state index contributed by atoms with van der Waals surface area (Å²) in [6.07, 6.45) is 0.0934. The Morgan fingerprint density at radius 2 is 1.78 bits per heavy atom. The second-order valence-electron chi connectivity index (χ2n) is 5.98. The van der Waals surface area contributed by atoms with Gasteiger partial charge >= 0.3 is 5.97 Å². The molecule has 0 heterocycles. The van der Waals surface area contributed by atoms with E-state index < -0.39 is 5.97 Å². The number of carbonyl (C=O) groups is 2. The molecule has 0 aliphatic rings. The standard InChI is InChI=1S/C20H23NO6/c1-12-5-6-13(2)16(9-12)27-8-7-18(22)21-15-10-14(20(23)24)11-17(25-3)19(15)26-4/h5-6,9-11H,7-8H2,1-4H3,(H,21,22)(H,23,24). The van der Waals surface area contributed by atoms with E-state index in [0.29, 0.717) is 0 Å². The van der Waals surface area contributed by atoms with E-state index in [1.54, 1.807) is 0 Å². The molecular weight excluding hydrogens is 350 g/mol. The third kappa shape index (κ3) is 5.13. The molecule has 0 radical (unpaired) electrons. The number of hydrogen-bond donors (Lipinski definition) is 2. The molecule has 0 atom stereocenters. The average molecular weight is 373 g/mol. The van der Waals surface area contributed by atoms with Gasteiger partial charge in [-0.1, -0.05) is 12.1 Å². The number of carboxylic acids is 1. The molecule has 2 rings (SSSR count). The number of benzene rings is 2. The molecule has 7 nitrogen and oxygen atoms in total. The summed E-state index contributed by atoms with van der Waals surface area (Å²) in [5.41, 5.74) is 2.27. The van der Waals surface area contributed by atoms with Crippen LogP contribution < -0.4 is 19.5 Å². The molecule has 2 N–H and O–H groups in total. The van der Waals surface area contributed by atoms with Crippen molar-refractivity contribution in [2.24, 2.45) is 0 Å². The van der Waals surface area contributed by atoms with Gasteiger partial charge in [0.1, 0.15) is 5.75 Å². The third-order valence-corrected chi connectivity index (χ3v) is 3.93. The van der Waals surface area contributed by atoms with Gasteiger partial charge in [-0.25, -0.2) is 4.79 Å². The Bertz CT molecular complexity index is 847. The Labute approximate surface area is 157 Å². The molecule has 0 bridgehead atoms. The summed E-state index contributed by atoms with van der Waals surface area (Å²) in [6.45, 7) is 4.09. The number of hydrogen-bond acceptors (Lipinski definition) is 5. The highest BCUT2D eigenvalue weighted by Gasteiger charge is 2.17. The molecule has 7 heteroatoms. The van der Waals surface area contributed by atoms with Gasteiger partial charge in [0.2, 0.25) is 5.91 Å². The topological polar surface area (TPSA) is 94.1 Å². The van der Waals surface area contributed by atoms with Gasteiger partial charge < -0.3 is 24.6 Å². The van der Waals surface area contributed by atoms with Gasteiger partial charge in [0.25, 0.3) is 0 Å². The zero-order chi connectivity index (χ0) is 20.0. The fourth-order valence-corrected chi connectivity index (χ4v) is 2.51. The molecule has 0 fully saturated rings. The molecule has 2 aromatic carbocycles. The molecule has 0 aliphatic heterocycles. The summed E-state index contributed by atoms with van der Waals surface area (Å²) < 4.78 is 16.1. The van der Waals surface area contributed by atoms with Crippen LogP contribution in [0.3, 0.4) is 0 Å². The van der Waals surface area contributed by atoms with Crippen molar-refractivity contribution in [3.63, 3.8) is 0 Å². The van der Waals surface area contributed by atoms with Crippen molar-refractivity contribution in [1.29, 1.82) is 0 Å². The molecule has 0 aliphatic carbocycles. The molecule has 0 unspecified atom stereocenters. The number of aryl methyl sites for hydroxylation is 2. The van der Waals surface area contributed by atoms with Gasteiger partial charge in [-0.05, 0) is 43.2 Å². The largest absolute Gasteiger partial charge is 0.493 e. The number of carbonyl (C=O) groups excluding carboxylic acids is 1. The number of aromatic carboxylic acids is 1. The Balaban J connectivity index is 2.07. The average Bonchev–Trinajstić information content (AvgIpc) is 2.63. The lowest BCUT2D eigenvalue weighted by atomic mass is 10.1. The first-order chi connectivity index (χ1) is 12.8. The smallest absolute Gasteiger partial charge is 0.335 e. The first-order valence-corrected chi connectivity index (χ1v) is 8.35. The van der Waals surface area contributed by atoms with Gasteiger partial charge in [0.15, 0.2) is 11.5 Å². The molecule has 144 valence electrons. The van der Waals surface area contributed by atoms with Crippen LogP contribution in [0.25, 0.3) is 0 Å². The number of nitrogens with one attached hydrogen (secondary N) is 1. The van der Waals surface area contributed by atoms with Crippen molar-refractivity contribution >= 4 is 17.6 Å². The molecule has 0 saturated heterocycles. The van der Waals surface area contributed by atoms with Gasteiger partial charge in [-0.3, -0.25) is 4.79 Å². The SMILES string of the molecule is COc1cc(C(=O)O)cc(NC(=O)CCOc2cc(C)ccc2C)c1OC. The van der Waals surface area contributed by atoms with Gasteiger partial charge in [-0.2, -0.15) is 0 Å². The molecule has 0 saturated carbocycles. The van der Waals surface area contributed by atoms with Crippen LogP contribution >= 0.6 is 0 Å². The predicted octanol–water partition coefficient (Wildman–Crippen LogP) is 3.43. The highest BCUT2D eigenvalue weighted by Crippen LogP contribution is 2.36. The van der Waals surface area contributed by atoms with Crippen molar-refractivity contribution in [3.05, 3.63) is 47.0 Å². The minimum absolute atomic E-state index is 0.0189. The van der Waals surface area contributed by atoms with Crippen LogP contribution in [-0.4, -0.2) is 37.8 Å². The predicted molar refractivity (Wildman–Crippen MR) is 101 cm³/mol. The van der Waals surface area contributed by atoms with E-state index in [1.807, 2.05) is 32.0 Å². The maximum Gasteiger partial charge on any atom is 0.335 e. The van der Waals surface area contributed by atoms with E-state index in [4.69, 9.17) is 14.2 Å². The summed E-state index contributed by atoms with van der Waals surface area (Å²) >= 11 is 0. The fraction of sp³-hybridized carbons (Fsp3) is 0.300. The zero-order valence-electron chi connectivity index (χ0n) is 15.8. The van der Waals surface area contributed by atoms with Gasteiger partial charge in [0, 0.05) is 0 Å². The van der Waals surface area contributed by atoms with E-state index in [1.165, 1.54) is 26.4 Å². The van der Waals surface area contributed by atoms with Crippen molar-refractivity contribution in [3.8, 4) is 17.2 Å². The van der Waals surface area contributed by atoms with Gasteiger partial charge in [-0.15, -0.1) is 0 Å². The van der Waals surface area contributed by atoms with Crippen LogP contribution in [0.4, 0.5) is 5.69 Å². The Hall–Kier alpha value is -3.22. The van der Waals surface area contributed by atoms with Crippen LogP contribution in [-0.2, 0) is 4.79 Å². The summed E-state index contributed by atoms with van der Waals surface area (Å²) in [5.74, 6) is -0.256. The summed E-state index contributed by atoms with van der Waals surface area (Å²) in [5, 5.41) is 11.9. The molecule has 2 aromatic rings. The second kappa shape index (κ2) is 8.93. The first kappa shape index (κ1) is 20.1. The lowest BCUT2D eigenvalue weighted by Gasteiger charge is -2.15. The third-order valence-electron chi connectivity index (χ3n) is 3.93. The van der Waals surface area contributed by atoms with Crippen LogP contribution in [0.5, 0.6) is 17.2 Å². The molecule has 1 amide bonds. The normalized spacial score (nSPS) is 10.2. The van der Waals surface area contributed by atoms with E-state index in [2.05, 4.69) is 5.32 Å². The van der Waals surface area contributed by atoms with Crippen LogP contribution in [0.1, 0.15) is 27.9 Å². The maximum atomic E-state index is 12.3. The van der Waals surface area contributed by atoms with E-state index >= 15 is 0 Å². The van der Waals surface area contributed by atoms with Crippen molar-refractivity contribution in [2.75, 3.05) is 26.1 Å². The molecule has 27 heavy (non-hydrogen) atoms. The Morgan fingerprint density at radius 3 is 2.41 bits per heavy atom. The van der Waals surface area contributed by atoms with Crippen molar-refractivity contribution in [1.82, 2.24) is 0 Å². The minimum Gasteiger partial charge on any atom is -0.493 e. The fourth-order valence-electron chi connectivity index (χ4n) is 2.51. The Kier molecular flexibility index (Phi) is 6.65. The number of anilines is 1. The number of ether oxygens (including phenoxy) is 3. The number of methoxy groups -OCH3 is 2. The number of carboxylic acid groups (broad SMARTS) is 1. The summed E-state index contributed by atoms with van der Waals surface area (Å²) in [4.78, 5) is 23.5. The summed E-state index contributed by atoms with van der Waals surface area (Å²) in [7, 11) is 2.81. The van der Waals surface area contributed by atoms with Crippen LogP contribution in [0, 0.1) is 13.8 Å². The van der Waals surface area contributed by atoms with E-state index in [0.717, 1.165) is 16.9 Å². The van der Waals surface area contributed by atoms with Crippen LogP contribution in [0.2, 0.25) is 0 Å². The zero-order valence-corrected chi connectivity index (χ0v) is 15.8. The maximum absolute atomic E-state index is 12.3. The quantitative estimate of drug-likeness (QED) is 0.736. The minimum atomic E-state index is -1.13. The first-order valence-electron chi connectivity index (χ1n) is 8.35. The van der Waals surface area contributed by atoms with Gasteiger partial charge in [0.05, 0.1) is 38.5 Å². The highest BCUT2D eigenvalue weighted by molar-refractivity contribution is 5.96. The van der Waals surface area contributed by atoms with E-state index in [-0.39, 0.29) is 41.7 Å².